The van der Waals surface area contributed by atoms with Gasteiger partial charge in [0.05, 0.1) is 12.1 Å². The second-order valence-electron chi connectivity index (χ2n) is 5.04. The van der Waals surface area contributed by atoms with Crippen molar-refractivity contribution in [2.24, 2.45) is 0 Å². The van der Waals surface area contributed by atoms with Gasteiger partial charge in [0.15, 0.2) is 5.69 Å². The molecule has 2 heterocycles. The standard InChI is InChI=1S/C17H17N3O2/c21-11-10-19(13-14-6-2-1-3-7-14)17(22)16-12-15-8-4-5-9-20(15)18-16/h1-9,12,21H,10-11,13H2. The van der Waals surface area contributed by atoms with Crippen molar-refractivity contribution in [1.29, 1.82) is 0 Å². The predicted molar refractivity (Wildman–Crippen MR) is 83.5 cm³/mol. The third-order valence-corrected chi connectivity index (χ3v) is 3.46. The van der Waals surface area contributed by atoms with Gasteiger partial charge in [-0.1, -0.05) is 36.4 Å². The zero-order valence-corrected chi connectivity index (χ0v) is 12.1. The summed E-state index contributed by atoms with van der Waals surface area (Å²) in [5, 5.41) is 13.5. The first-order valence-electron chi connectivity index (χ1n) is 7.16. The van der Waals surface area contributed by atoms with Crippen molar-refractivity contribution >= 4 is 11.4 Å². The molecule has 0 radical (unpaired) electrons. The highest BCUT2D eigenvalue weighted by molar-refractivity contribution is 5.93. The first kappa shape index (κ1) is 14.3. The highest BCUT2D eigenvalue weighted by Crippen LogP contribution is 2.11. The molecule has 0 spiro atoms. The van der Waals surface area contributed by atoms with Crippen molar-refractivity contribution in [2.45, 2.75) is 6.54 Å². The average molecular weight is 295 g/mol. The number of hydrogen-bond acceptors (Lipinski definition) is 3. The van der Waals surface area contributed by atoms with Crippen molar-refractivity contribution < 1.29 is 9.90 Å². The lowest BCUT2D eigenvalue weighted by Crippen LogP contribution is -2.33. The van der Waals surface area contributed by atoms with Gasteiger partial charge in [0.2, 0.25) is 0 Å². The van der Waals surface area contributed by atoms with E-state index in [1.165, 1.54) is 0 Å². The van der Waals surface area contributed by atoms with Gasteiger partial charge in [0, 0.05) is 19.3 Å². The number of aromatic nitrogens is 2. The molecule has 1 aromatic carbocycles. The third kappa shape index (κ3) is 2.99. The number of rotatable bonds is 5. The maximum Gasteiger partial charge on any atom is 0.274 e. The van der Waals surface area contributed by atoms with Gasteiger partial charge in [0.1, 0.15) is 0 Å². The molecular weight excluding hydrogens is 278 g/mol. The van der Waals surface area contributed by atoms with E-state index in [0.717, 1.165) is 11.1 Å². The number of carbonyl (C=O) groups excluding carboxylic acids is 1. The Morgan fingerprint density at radius 1 is 1.14 bits per heavy atom. The lowest BCUT2D eigenvalue weighted by atomic mass is 10.2. The Bertz CT molecular complexity index is 735. The number of carbonyl (C=O) groups is 1. The number of aliphatic hydroxyl groups is 1. The summed E-state index contributed by atoms with van der Waals surface area (Å²) in [5.41, 5.74) is 2.28. The van der Waals surface area contributed by atoms with Crippen LogP contribution in [0.1, 0.15) is 16.1 Å². The summed E-state index contributed by atoms with van der Waals surface area (Å²) in [4.78, 5) is 14.3. The number of aliphatic hydroxyl groups excluding tert-OH is 1. The number of amides is 1. The molecule has 0 unspecified atom stereocenters. The van der Waals surface area contributed by atoms with Crippen LogP contribution in [0, 0.1) is 0 Å². The summed E-state index contributed by atoms with van der Waals surface area (Å²) in [6.45, 7) is 0.654. The zero-order valence-electron chi connectivity index (χ0n) is 12.1. The van der Waals surface area contributed by atoms with E-state index in [1.54, 1.807) is 21.7 Å². The molecule has 5 nitrogen and oxygen atoms in total. The van der Waals surface area contributed by atoms with Gasteiger partial charge < -0.3 is 10.0 Å². The van der Waals surface area contributed by atoms with Crippen molar-refractivity contribution in [3.63, 3.8) is 0 Å². The highest BCUT2D eigenvalue weighted by Gasteiger charge is 2.18. The molecule has 0 aliphatic heterocycles. The lowest BCUT2D eigenvalue weighted by Gasteiger charge is -2.20. The normalized spacial score (nSPS) is 10.8. The fourth-order valence-corrected chi connectivity index (χ4v) is 2.38. The third-order valence-electron chi connectivity index (χ3n) is 3.46. The molecule has 1 N–H and O–H groups in total. The Labute approximate surface area is 128 Å². The molecule has 3 aromatic rings. The van der Waals surface area contributed by atoms with Crippen LogP contribution in [0.4, 0.5) is 0 Å². The van der Waals surface area contributed by atoms with E-state index in [9.17, 15) is 9.90 Å². The molecule has 0 saturated carbocycles. The molecule has 0 saturated heterocycles. The predicted octanol–water partition coefficient (Wildman–Crippen LogP) is 1.97. The molecule has 0 aliphatic carbocycles. The van der Waals surface area contributed by atoms with Gasteiger partial charge >= 0.3 is 0 Å². The second-order valence-corrected chi connectivity index (χ2v) is 5.04. The molecule has 22 heavy (non-hydrogen) atoms. The van der Waals surface area contributed by atoms with E-state index < -0.39 is 0 Å². The van der Waals surface area contributed by atoms with Crippen LogP contribution in [0.5, 0.6) is 0 Å². The number of fused-ring (bicyclic) bond motifs is 1. The summed E-state index contributed by atoms with van der Waals surface area (Å²) in [6, 6.07) is 17.1. The summed E-state index contributed by atoms with van der Waals surface area (Å²) < 4.78 is 1.67. The van der Waals surface area contributed by atoms with Crippen LogP contribution in [0.3, 0.4) is 0 Å². The van der Waals surface area contributed by atoms with Gasteiger partial charge in [-0.05, 0) is 23.8 Å². The Kier molecular flexibility index (Phi) is 4.16. The molecule has 3 rings (SSSR count). The second kappa shape index (κ2) is 6.41. The van der Waals surface area contributed by atoms with Crippen LogP contribution >= 0.6 is 0 Å². The van der Waals surface area contributed by atoms with Crippen LogP contribution in [-0.4, -0.2) is 38.7 Å². The molecule has 0 bridgehead atoms. The molecule has 1 amide bonds. The van der Waals surface area contributed by atoms with Gasteiger partial charge in [-0.25, -0.2) is 4.52 Å². The molecule has 5 heteroatoms. The Morgan fingerprint density at radius 2 is 1.91 bits per heavy atom. The van der Waals surface area contributed by atoms with Crippen LogP contribution in [0.15, 0.2) is 60.8 Å². The summed E-state index contributed by atoms with van der Waals surface area (Å²) in [6.07, 6.45) is 1.81. The van der Waals surface area contributed by atoms with Gasteiger partial charge in [-0.2, -0.15) is 5.10 Å². The molecule has 2 aromatic heterocycles. The van der Waals surface area contributed by atoms with E-state index in [2.05, 4.69) is 5.10 Å². The molecule has 0 atom stereocenters. The minimum absolute atomic E-state index is 0.0774. The van der Waals surface area contributed by atoms with E-state index in [0.29, 0.717) is 12.2 Å². The highest BCUT2D eigenvalue weighted by atomic mass is 16.3. The number of nitrogens with zero attached hydrogens (tertiary/aromatic N) is 3. The smallest absolute Gasteiger partial charge is 0.274 e. The zero-order chi connectivity index (χ0) is 15.4. The Balaban J connectivity index is 1.85. The number of benzene rings is 1. The van der Waals surface area contributed by atoms with Crippen LogP contribution < -0.4 is 0 Å². The monoisotopic (exact) mass is 295 g/mol. The largest absolute Gasteiger partial charge is 0.395 e. The quantitative estimate of drug-likeness (QED) is 0.783. The van der Waals surface area contributed by atoms with Gasteiger partial charge in [-0.15, -0.1) is 0 Å². The van der Waals surface area contributed by atoms with Crippen LogP contribution in [0.2, 0.25) is 0 Å². The number of hydrogen-bond donors (Lipinski definition) is 1. The van der Waals surface area contributed by atoms with E-state index in [1.807, 2.05) is 48.5 Å². The topological polar surface area (TPSA) is 57.8 Å². The van der Waals surface area contributed by atoms with Crippen molar-refractivity contribution in [3.8, 4) is 0 Å². The molecule has 112 valence electrons. The fraction of sp³-hybridized carbons (Fsp3) is 0.176. The minimum atomic E-state index is -0.179. The van der Waals surface area contributed by atoms with Gasteiger partial charge in [-0.3, -0.25) is 4.79 Å². The summed E-state index contributed by atoms with van der Waals surface area (Å²) in [7, 11) is 0. The van der Waals surface area contributed by atoms with E-state index >= 15 is 0 Å². The first-order valence-corrected chi connectivity index (χ1v) is 7.16. The van der Waals surface area contributed by atoms with E-state index in [4.69, 9.17) is 0 Å². The average Bonchev–Trinajstić information content (AvgIpc) is 2.99. The maximum atomic E-state index is 12.6. The van der Waals surface area contributed by atoms with Crippen molar-refractivity contribution in [3.05, 3.63) is 72.1 Å². The molecule has 0 fully saturated rings. The fourth-order valence-electron chi connectivity index (χ4n) is 2.38. The van der Waals surface area contributed by atoms with Crippen molar-refractivity contribution in [1.82, 2.24) is 14.5 Å². The summed E-state index contributed by atoms with van der Waals surface area (Å²) >= 11 is 0. The Morgan fingerprint density at radius 3 is 2.64 bits per heavy atom. The van der Waals surface area contributed by atoms with E-state index in [-0.39, 0.29) is 19.1 Å². The van der Waals surface area contributed by atoms with Crippen molar-refractivity contribution in [2.75, 3.05) is 13.2 Å². The van der Waals surface area contributed by atoms with Gasteiger partial charge in [0.25, 0.3) is 5.91 Å². The summed E-state index contributed by atoms with van der Waals surface area (Å²) in [5.74, 6) is -0.179. The molecule has 0 aliphatic rings. The van der Waals surface area contributed by atoms with Crippen LogP contribution in [0.25, 0.3) is 5.52 Å². The number of pyridine rings is 1. The maximum absolute atomic E-state index is 12.6. The van der Waals surface area contributed by atoms with Crippen LogP contribution in [-0.2, 0) is 6.54 Å². The SMILES string of the molecule is O=C(c1cc2ccccn2n1)N(CCO)Cc1ccccc1. The molecular formula is C17H17N3O2. The minimum Gasteiger partial charge on any atom is -0.395 e. The Hall–Kier alpha value is -2.66. The first-order chi connectivity index (χ1) is 10.8. The lowest BCUT2D eigenvalue weighted by molar-refractivity contribution is 0.0701.